The van der Waals surface area contributed by atoms with Gasteiger partial charge in [-0.15, -0.1) is 0 Å². The smallest absolute Gasteiger partial charge is 0.334 e. The molecular formula is C27H26O5. The molecule has 2 aliphatic rings. The van der Waals surface area contributed by atoms with Crippen LogP contribution in [0.25, 0.3) is 17.0 Å². The van der Waals surface area contributed by atoms with Gasteiger partial charge in [0.25, 0.3) is 0 Å². The van der Waals surface area contributed by atoms with Gasteiger partial charge in [0.15, 0.2) is 0 Å². The van der Waals surface area contributed by atoms with Gasteiger partial charge in [0.05, 0.1) is 5.41 Å². The summed E-state index contributed by atoms with van der Waals surface area (Å²) in [5.74, 6) is 0.241. The molecule has 2 heterocycles. The molecule has 0 amide bonds. The monoisotopic (exact) mass is 430 g/mol. The highest BCUT2D eigenvalue weighted by Gasteiger charge is 2.47. The quantitative estimate of drug-likeness (QED) is 0.387. The van der Waals surface area contributed by atoms with Crippen LogP contribution in [-0.2, 0) is 25.5 Å². The van der Waals surface area contributed by atoms with Crippen molar-refractivity contribution in [2.24, 2.45) is 5.41 Å². The van der Waals surface area contributed by atoms with Gasteiger partial charge in [-0.05, 0) is 49.6 Å². The molecule has 1 saturated carbocycles. The molecule has 1 atom stereocenters. The van der Waals surface area contributed by atoms with E-state index in [9.17, 15) is 9.59 Å². The average molecular weight is 431 g/mol. The third-order valence-electron chi connectivity index (χ3n) is 6.50. The number of benzene rings is 2. The minimum absolute atomic E-state index is 0.0811. The van der Waals surface area contributed by atoms with Crippen LogP contribution >= 0.6 is 0 Å². The molecular weight excluding hydrogens is 404 g/mol. The maximum absolute atomic E-state index is 13.0. The van der Waals surface area contributed by atoms with E-state index in [-0.39, 0.29) is 18.5 Å². The second-order valence-electron chi connectivity index (χ2n) is 8.97. The van der Waals surface area contributed by atoms with Crippen LogP contribution in [0.4, 0.5) is 0 Å². The van der Waals surface area contributed by atoms with E-state index in [1.54, 1.807) is 0 Å². The summed E-state index contributed by atoms with van der Waals surface area (Å²) in [6, 6.07) is 17.8. The van der Waals surface area contributed by atoms with E-state index < -0.39 is 11.5 Å². The molecule has 0 spiro atoms. The van der Waals surface area contributed by atoms with Gasteiger partial charge < -0.3 is 13.9 Å². The summed E-state index contributed by atoms with van der Waals surface area (Å²) in [4.78, 5) is 25.2. The van der Waals surface area contributed by atoms with E-state index in [4.69, 9.17) is 13.9 Å². The van der Waals surface area contributed by atoms with Crippen molar-refractivity contribution in [2.45, 2.75) is 45.1 Å². The van der Waals surface area contributed by atoms with Gasteiger partial charge >= 0.3 is 11.9 Å². The first-order chi connectivity index (χ1) is 15.5. The molecule has 1 saturated heterocycles. The lowest BCUT2D eigenvalue weighted by Crippen LogP contribution is -2.42. The fourth-order valence-corrected chi connectivity index (χ4v) is 4.58. The number of rotatable bonds is 6. The number of aryl methyl sites for hydroxylation is 1. The van der Waals surface area contributed by atoms with Gasteiger partial charge in [0, 0.05) is 23.8 Å². The highest BCUT2D eigenvalue weighted by atomic mass is 16.6. The van der Waals surface area contributed by atoms with Gasteiger partial charge in [-0.25, -0.2) is 4.79 Å². The van der Waals surface area contributed by atoms with E-state index in [1.807, 2.05) is 61.5 Å². The number of fused-ring (bicyclic) bond motifs is 1. The standard InChI is InChI=1S/C27H26O5/c1-18-8-9-24-20(12-18)14-22(31-24)16-27(10-5-11-27)26(29)30-17-23-15-21(25(28)32-23)13-19-6-3-2-4-7-19/h2-4,6-9,12-14,23H,5,10-11,15-17H2,1H3/b21-13+. The highest BCUT2D eigenvalue weighted by Crippen LogP contribution is 2.45. The molecule has 1 aromatic heterocycles. The third-order valence-corrected chi connectivity index (χ3v) is 6.50. The molecule has 164 valence electrons. The van der Waals surface area contributed by atoms with Gasteiger partial charge in [0.2, 0.25) is 0 Å². The largest absolute Gasteiger partial charge is 0.461 e. The SMILES string of the molecule is Cc1ccc2oc(CC3(C(=O)OCC4C/C(=C\c5ccccc5)C(=O)O4)CCC3)cc2c1. The summed E-state index contributed by atoms with van der Waals surface area (Å²) in [5, 5.41) is 1.05. The molecule has 1 aliphatic heterocycles. The third kappa shape index (κ3) is 4.07. The Morgan fingerprint density at radius 2 is 1.97 bits per heavy atom. The Labute approximate surface area is 187 Å². The fourth-order valence-electron chi connectivity index (χ4n) is 4.58. The Kier molecular flexibility index (Phi) is 5.33. The van der Waals surface area contributed by atoms with Gasteiger partial charge in [-0.1, -0.05) is 48.4 Å². The number of ether oxygens (including phenoxy) is 2. The van der Waals surface area contributed by atoms with E-state index in [2.05, 4.69) is 6.07 Å². The Hall–Kier alpha value is -3.34. The zero-order valence-electron chi connectivity index (χ0n) is 18.1. The lowest BCUT2D eigenvalue weighted by molar-refractivity contribution is -0.167. The molecule has 1 unspecified atom stereocenters. The molecule has 1 aliphatic carbocycles. The van der Waals surface area contributed by atoms with Gasteiger partial charge in [-0.3, -0.25) is 4.79 Å². The first-order valence-corrected chi connectivity index (χ1v) is 11.1. The summed E-state index contributed by atoms with van der Waals surface area (Å²) in [6.07, 6.45) is 4.93. The zero-order valence-corrected chi connectivity index (χ0v) is 18.1. The number of hydrogen-bond acceptors (Lipinski definition) is 5. The maximum atomic E-state index is 13.0. The molecule has 2 aromatic carbocycles. The van der Waals surface area contributed by atoms with Crippen LogP contribution in [0.2, 0.25) is 0 Å². The van der Waals surface area contributed by atoms with Crippen LogP contribution in [0.1, 0.15) is 42.6 Å². The molecule has 0 N–H and O–H groups in total. The zero-order chi connectivity index (χ0) is 22.1. The number of hydrogen-bond donors (Lipinski definition) is 0. The van der Waals surface area contributed by atoms with Crippen LogP contribution in [-0.4, -0.2) is 24.6 Å². The van der Waals surface area contributed by atoms with Crippen molar-refractivity contribution in [3.8, 4) is 0 Å². The molecule has 32 heavy (non-hydrogen) atoms. The first kappa shape index (κ1) is 20.6. The van der Waals surface area contributed by atoms with Crippen molar-refractivity contribution >= 4 is 29.0 Å². The van der Waals surface area contributed by atoms with Crippen molar-refractivity contribution in [3.05, 3.63) is 77.1 Å². The summed E-state index contributed by atoms with van der Waals surface area (Å²) >= 11 is 0. The Balaban J connectivity index is 1.22. The van der Waals surface area contributed by atoms with Crippen LogP contribution in [0.3, 0.4) is 0 Å². The first-order valence-electron chi connectivity index (χ1n) is 11.1. The molecule has 3 aromatic rings. The Bertz CT molecular complexity index is 1180. The number of cyclic esters (lactones) is 1. The van der Waals surface area contributed by atoms with Crippen molar-refractivity contribution in [1.82, 2.24) is 0 Å². The van der Waals surface area contributed by atoms with Gasteiger partial charge in [-0.2, -0.15) is 0 Å². The second kappa shape index (κ2) is 8.30. The van der Waals surface area contributed by atoms with Crippen LogP contribution in [0.15, 0.2) is 64.6 Å². The average Bonchev–Trinajstić information content (AvgIpc) is 3.31. The summed E-state index contributed by atoms with van der Waals surface area (Å²) < 4.78 is 17.1. The van der Waals surface area contributed by atoms with E-state index in [0.29, 0.717) is 18.4 Å². The summed E-state index contributed by atoms with van der Waals surface area (Å²) in [7, 11) is 0. The van der Waals surface area contributed by atoms with Crippen molar-refractivity contribution in [1.29, 1.82) is 0 Å². The lowest BCUT2D eigenvalue weighted by Gasteiger charge is -2.38. The number of furan rings is 1. The normalized spacial score (nSPS) is 20.8. The number of carbonyl (C=O) groups excluding carboxylic acids is 2. The number of esters is 2. The summed E-state index contributed by atoms with van der Waals surface area (Å²) in [5.41, 5.74) is 3.02. The fraction of sp³-hybridized carbons (Fsp3) is 0.333. The maximum Gasteiger partial charge on any atom is 0.334 e. The van der Waals surface area contributed by atoms with E-state index in [0.717, 1.165) is 41.6 Å². The second-order valence-corrected chi connectivity index (χ2v) is 8.97. The molecule has 0 bridgehead atoms. The summed E-state index contributed by atoms with van der Waals surface area (Å²) in [6.45, 7) is 2.13. The van der Waals surface area contributed by atoms with Crippen molar-refractivity contribution in [2.75, 3.05) is 6.61 Å². The predicted octanol–water partition coefficient (Wildman–Crippen LogP) is 5.40. The van der Waals surface area contributed by atoms with Crippen LogP contribution in [0.5, 0.6) is 0 Å². The van der Waals surface area contributed by atoms with E-state index >= 15 is 0 Å². The molecule has 5 rings (SSSR count). The van der Waals surface area contributed by atoms with Crippen molar-refractivity contribution < 1.29 is 23.5 Å². The van der Waals surface area contributed by atoms with Crippen LogP contribution < -0.4 is 0 Å². The van der Waals surface area contributed by atoms with E-state index in [1.165, 1.54) is 5.56 Å². The molecule has 0 radical (unpaired) electrons. The minimum Gasteiger partial charge on any atom is -0.461 e. The van der Waals surface area contributed by atoms with Crippen molar-refractivity contribution in [3.63, 3.8) is 0 Å². The topological polar surface area (TPSA) is 65.7 Å². The molecule has 2 fully saturated rings. The predicted molar refractivity (Wildman–Crippen MR) is 121 cm³/mol. The number of carbonyl (C=O) groups is 2. The lowest BCUT2D eigenvalue weighted by atomic mass is 9.66. The Morgan fingerprint density at radius 1 is 1.16 bits per heavy atom. The van der Waals surface area contributed by atoms with Gasteiger partial charge in [0.1, 0.15) is 24.1 Å². The minimum atomic E-state index is -0.547. The van der Waals surface area contributed by atoms with Crippen LogP contribution in [0, 0.1) is 12.3 Å². The molecule has 5 nitrogen and oxygen atoms in total. The Morgan fingerprint density at radius 3 is 2.72 bits per heavy atom. The molecule has 5 heteroatoms. The highest BCUT2D eigenvalue weighted by molar-refractivity contribution is 5.95.